The van der Waals surface area contributed by atoms with Gasteiger partial charge in [-0.3, -0.25) is 0 Å². The Balaban J connectivity index is 1.42. The summed E-state index contributed by atoms with van der Waals surface area (Å²) in [6.07, 6.45) is 19.5. The fraction of sp³-hybridized carbons (Fsp3) is 0.862. The summed E-state index contributed by atoms with van der Waals surface area (Å²) >= 11 is 0. The normalized spacial score (nSPS) is 51.6. The zero-order valence-electron chi connectivity index (χ0n) is 20.5. The van der Waals surface area contributed by atoms with Gasteiger partial charge in [0.05, 0.1) is 6.10 Å². The summed E-state index contributed by atoms with van der Waals surface area (Å²) in [5.74, 6) is 3.70. The molecule has 0 unspecified atom stereocenters. The predicted octanol–water partition coefficient (Wildman–Crippen LogP) is 7.55. The molecule has 1 N–H and O–H groups in total. The van der Waals surface area contributed by atoms with Crippen molar-refractivity contribution < 1.29 is 5.11 Å². The highest BCUT2D eigenvalue weighted by atomic mass is 16.3. The molecule has 30 heavy (non-hydrogen) atoms. The van der Waals surface area contributed by atoms with Gasteiger partial charge in [0.15, 0.2) is 0 Å². The molecule has 0 aromatic rings. The van der Waals surface area contributed by atoms with Gasteiger partial charge in [0.1, 0.15) is 0 Å². The molecule has 5 aliphatic rings. The molecule has 0 heterocycles. The van der Waals surface area contributed by atoms with Crippen molar-refractivity contribution in [2.24, 2.45) is 51.2 Å². The monoisotopic (exact) mass is 410 g/mol. The Labute approximate surface area is 185 Å². The van der Waals surface area contributed by atoms with Crippen LogP contribution in [0, 0.1) is 51.2 Å². The molecule has 0 amide bonds. The van der Waals surface area contributed by atoms with E-state index in [2.05, 4.69) is 59.8 Å². The summed E-state index contributed by atoms with van der Waals surface area (Å²) in [5.41, 5.74) is 3.75. The summed E-state index contributed by atoms with van der Waals surface area (Å²) in [5, 5.41) is 10.4. The smallest absolute Gasteiger partial charge is 0.0546 e. The fourth-order valence-corrected chi connectivity index (χ4v) is 9.32. The Bertz CT molecular complexity index is 758. The van der Waals surface area contributed by atoms with E-state index in [1.165, 1.54) is 44.9 Å². The van der Waals surface area contributed by atoms with Crippen LogP contribution in [0.15, 0.2) is 23.8 Å². The first kappa shape index (κ1) is 21.3. The summed E-state index contributed by atoms with van der Waals surface area (Å²) in [6, 6.07) is 0. The molecule has 4 fully saturated rings. The van der Waals surface area contributed by atoms with Crippen LogP contribution >= 0.6 is 0 Å². The van der Waals surface area contributed by atoms with Gasteiger partial charge in [-0.25, -0.2) is 0 Å². The van der Waals surface area contributed by atoms with Crippen molar-refractivity contribution in [2.75, 3.05) is 0 Å². The molecule has 0 aliphatic heterocycles. The number of hydrogen-bond acceptors (Lipinski definition) is 1. The second kappa shape index (κ2) is 6.72. The van der Waals surface area contributed by atoms with E-state index < -0.39 is 0 Å². The molecule has 4 saturated carbocycles. The SMILES string of the molecule is CC(C)[C@H](C)/C=C/[C@@H](C)[C@H]1CC[C@@]2(C)[C@@H]3CC[C@]45C[C@H](O)CC[C@]4(C5)C3=CC[C@]12C. The molecule has 9 atom stereocenters. The van der Waals surface area contributed by atoms with Crippen molar-refractivity contribution in [1.82, 2.24) is 0 Å². The molecule has 0 aromatic heterocycles. The largest absolute Gasteiger partial charge is 0.393 e. The fourth-order valence-electron chi connectivity index (χ4n) is 9.32. The Morgan fingerprint density at radius 3 is 2.47 bits per heavy atom. The average Bonchev–Trinajstić information content (AvgIpc) is 3.30. The van der Waals surface area contributed by atoms with Crippen LogP contribution < -0.4 is 0 Å². The van der Waals surface area contributed by atoms with E-state index in [9.17, 15) is 5.11 Å². The maximum absolute atomic E-state index is 10.4. The number of hydrogen-bond donors (Lipinski definition) is 1. The van der Waals surface area contributed by atoms with E-state index in [0.29, 0.717) is 33.5 Å². The topological polar surface area (TPSA) is 20.2 Å². The maximum atomic E-state index is 10.4. The van der Waals surface area contributed by atoms with E-state index in [-0.39, 0.29) is 6.10 Å². The van der Waals surface area contributed by atoms with E-state index >= 15 is 0 Å². The summed E-state index contributed by atoms with van der Waals surface area (Å²) < 4.78 is 0. The van der Waals surface area contributed by atoms with E-state index in [1.807, 2.05) is 5.57 Å². The second-order valence-electron chi connectivity index (χ2n) is 13.2. The molecule has 0 spiro atoms. The molecule has 1 heteroatoms. The minimum atomic E-state index is -0.0288. The Kier molecular flexibility index (Phi) is 4.77. The van der Waals surface area contributed by atoms with Gasteiger partial charge in [-0.2, -0.15) is 0 Å². The first-order valence-corrected chi connectivity index (χ1v) is 13.2. The minimum Gasteiger partial charge on any atom is -0.393 e. The molecule has 1 nitrogen and oxygen atoms in total. The quantitative estimate of drug-likeness (QED) is 0.474. The zero-order chi connectivity index (χ0) is 21.5. The van der Waals surface area contributed by atoms with E-state index in [0.717, 1.165) is 30.6 Å². The van der Waals surface area contributed by atoms with Crippen LogP contribution in [0.2, 0.25) is 0 Å². The second-order valence-corrected chi connectivity index (χ2v) is 13.2. The Morgan fingerprint density at radius 2 is 1.73 bits per heavy atom. The lowest BCUT2D eigenvalue weighted by Crippen LogP contribution is -2.50. The van der Waals surface area contributed by atoms with Crippen molar-refractivity contribution in [1.29, 1.82) is 0 Å². The van der Waals surface area contributed by atoms with Gasteiger partial charge in [0.2, 0.25) is 0 Å². The highest BCUT2D eigenvalue weighted by Crippen LogP contribution is 2.83. The first-order chi connectivity index (χ1) is 14.1. The molecule has 0 bridgehead atoms. The number of fused-ring (bicyclic) bond motifs is 3. The summed E-state index contributed by atoms with van der Waals surface area (Å²) in [4.78, 5) is 0. The number of rotatable bonds is 4. The molecule has 5 aliphatic carbocycles. The van der Waals surface area contributed by atoms with Crippen molar-refractivity contribution in [2.45, 2.75) is 105 Å². The van der Waals surface area contributed by atoms with Crippen LogP contribution in [0.25, 0.3) is 0 Å². The van der Waals surface area contributed by atoms with Crippen LogP contribution in [-0.4, -0.2) is 11.2 Å². The van der Waals surface area contributed by atoms with Crippen molar-refractivity contribution in [3.8, 4) is 0 Å². The van der Waals surface area contributed by atoms with Crippen LogP contribution in [-0.2, 0) is 0 Å². The van der Waals surface area contributed by atoms with Crippen LogP contribution in [0.5, 0.6) is 0 Å². The van der Waals surface area contributed by atoms with Crippen molar-refractivity contribution >= 4 is 0 Å². The van der Waals surface area contributed by atoms with Gasteiger partial charge in [-0.1, -0.05) is 65.3 Å². The molecular formula is C29H46O. The molecule has 0 saturated heterocycles. The summed E-state index contributed by atoms with van der Waals surface area (Å²) in [7, 11) is 0. The standard InChI is InChI=1S/C29H46O/c1-19(2)20(3)7-8-21(4)23-10-13-27(6)24-12-15-28-17-22(30)9-16-29(28,18-28)25(24)11-14-26(23,27)5/h7-8,11,19-24,30H,9-10,12-18H2,1-6H3/b8-7+/t20-,21-,22-,23-,24-,26-,27+,28-,29+/m1/s1. The van der Waals surface area contributed by atoms with Gasteiger partial charge in [0, 0.05) is 0 Å². The minimum absolute atomic E-state index is 0.0288. The molecule has 5 rings (SSSR count). The maximum Gasteiger partial charge on any atom is 0.0546 e. The predicted molar refractivity (Wildman–Crippen MR) is 126 cm³/mol. The Hall–Kier alpha value is -0.560. The van der Waals surface area contributed by atoms with Gasteiger partial charge in [-0.05, 0) is 109 Å². The number of aliphatic hydroxyl groups excluding tert-OH is 1. The van der Waals surface area contributed by atoms with Crippen molar-refractivity contribution in [3.63, 3.8) is 0 Å². The van der Waals surface area contributed by atoms with E-state index in [4.69, 9.17) is 0 Å². The number of allylic oxidation sites excluding steroid dienone is 4. The molecular weight excluding hydrogens is 364 g/mol. The van der Waals surface area contributed by atoms with Crippen LogP contribution in [0.1, 0.15) is 99.3 Å². The highest BCUT2D eigenvalue weighted by Gasteiger charge is 2.75. The lowest BCUT2D eigenvalue weighted by molar-refractivity contribution is -0.0294. The summed E-state index contributed by atoms with van der Waals surface area (Å²) in [6.45, 7) is 14.9. The zero-order valence-corrected chi connectivity index (χ0v) is 20.5. The van der Waals surface area contributed by atoms with Gasteiger partial charge in [0.25, 0.3) is 0 Å². The molecule has 0 aromatic carbocycles. The number of aliphatic hydroxyl groups is 1. The molecule has 168 valence electrons. The van der Waals surface area contributed by atoms with Gasteiger partial charge < -0.3 is 5.11 Å². The van der Waals surface area contributed by atoms with Crippen LogP contribution in [0.4, 0.5) is 0 Å². The highest BCUT2D eigenvalue weighted by molar-refractivity contribution is 5.41. The van der Waals surface area contributed by atoms with E-state index in [1.54, 1.807) is 0 Å². The third kappa shape index (κ3) is 2.63. The van der Waals surface area contributed by atoms with Crippen molar-refractivity contribution in [3.05, 3.63) is 23.8 Å². The Morgan fingerprint density at radius 1 is 0.967 bits per heavy atom. The lowest BCUT2D eigenvalue weighted by Gasteiger charge is -2.57. The third-order valence-electron chi connectivity index (χ3n) is 11.9. The molecule has 0 radical (unpaired) electrons. The first-order valence-electron chi connectivity index (χ1n) is 13.2. The van der Waals surface area contributed by atoms with Crippen LogP contribution in [0.3, 0.4) is 0 Å². The van der Waals surface area contributed by atoms with Gasteiger partial charge >= 0.3 is 0 Å². The average molecular weight is 411 g/mol. The van der Waals surface area contributed by atoms with Gasteiger partial charge in [-0.15, -0.1) is 0 Å². The lowest BCUT2D eigenvalue weighted by atomic mass is 9.47. The third-order valence-corrected chi connectivity index (χ3v) is 11.9.